The summed E-state index contributed by atoms with van der Waals surface area (Å²) in [7, 11) is 0. The first kappa shape index (κ1) is 15.9. The fourth-order valence-electron chi connectivity index (χ4n) is 1.21. The summed E-state index contributed by atoms with van der Waals surface area (Å²) in [6.45, 7) is 1.19. The van der Waals surface area contributed by atoms with Crippen molar-refractivity contribution in [1.82, 2.24) is 5.32 Å². The average molecular weight is 303 g/mol. The maximum atomic E-state index is 12.9. The Hall–Kier alpha value is -2.15. The van der Waals surface area contributed by atoms with Gasteiger partial charge in [0, 0.05) is 5.69 Å². The average Bonchev–Trinajstić information content (AvgIpc) is 2.40. The first-order valence-corrected chi connectivity index (χ1v) is 6.01. The van der Waals surface area contributed by atoms with Crippen LogP contribution < -0.4 is 10.6 Å². The van der Waals surface area contributed by atoms with Crippen molar-refractivity contribution in [2.24, 2.45) is 0 Å². The van der Waals surface area contributed by atoms with E-state index in [0.717, 1.165) is 6.07 Å². The standard InChI is InChI=1S/C12H12ClFN2O4/c1-2-20-12(19)11(18)15-6-10(17)16-7-3-4-9(14)8(13)5-7/h3-5H,2,6H2,1H3,(H,15,18)(H,16,17). The number of carbonyl (C=O) groups is 3. The molecule has 2 amide bonds. The molecule has 0 aliphatic heterocycles. The molecule has 1 aromatic carbocycles. The van der Waals surface area contributed by atoms with Crippen LogP contribution in [0.4, 0.5) is 10.1 Å². The van der Waals surface area contributed by atoms with E-state index in [1.807, 2.05) is 0 Å². The van der Waals surface area contributed by atoms with E-state index in [2.05, 4.69) is 15.4 Å². The van der Waals surface area contributed by atoms with Gasteiger partial charge in [-0.25, -0.2) is 9.18 Å². The molecule has 0 aromatic heterocycles. The van der Waals surface area contributed by atoms with Crippen LogP contribution in [0.15, 0.2) is 18.2 Å². The highest BCUT2D eigenvalue weighted by molar-refractivity contribution is 6.33. The van der Waals surface area contributed by atoms with Crippen molar-refractivity contribution in [3.05, 3.63) is 29.0 Å². The predicted octanol–water partition coefficient (Wildman–Crippen LogP) is 1.10. The van der Waals surface area contributed by atoms with Gasteiger partial charge in [-0.05, 0) is 25.1 Å². The maximum Gasteiger partial charge on any atom is 0.396 e. The molecule has 1 aromatic rings. The van der Waals surface area contributed by atoms with Crippen LogP contribution in [0.5, 0.6) is 0 Å². The number of nitrogens with one attached hydrogen (secondary N) is 2. The summed E-state index contributed by atoms with van der Waals surface area (Å²) >= 11 is 5.54. The summed E-state index contributed by atoms with van der Waals surface area (Å²) in [5, 5.41) is 4.32. The van der Waals surface area contributed by atoms with Crippen molar-refractivity contribution in [2.45, 2.75) is 6.92 Å². The van der Waals surface area contributed by atoms with Crippen molar-refractivity contribution < 1.29 is 23.5 Å². The molecule has 20 heavy (non-hydrogen) atoms. The predicted molar refractivity (Wildman–Crippen MR) is 69.7 cm³/mol. The molecule has 0 fully saturated rings. The number of carbonyl (C=O) groups excluding carboxylic acids is 3. The van der Waals surface area contributed by atoms with Crippen molar-refractivity contribution in [3.8, 4) is 0 Å². The smallest absolute Gasteiger partial charge is 0.396 e. The number of benzene rings is 1. The molecular formula is C12H12ClFN2O4. The Morgan fingerprint density at radius 3 is 2.65 bits per heavy atom. The number of ether oxygens (including phenoxy) is 1. The Bertz CT molecular complexity index is 536. The summed E-state index contributed by atoms with van der Waals surface area (Å²) in [5.41, 5.74) is 0.270. The van der Waals surface area contributed by atoms with Gasteiger partial charge in [-0.3, -0.25) is 9.59 Å². The normalized spacial score (nSPS) is 9.75. The summed E-state index contributed by atoms with van der Waals surface area (Å²) in [6.07, 6.45) is 0. The molecule has 0 saturated heterocycles. The highest BCUT2D eigenvalue weighted by Crippen LogP contribution is 2.19. The third-order valence-corrected chi connectivity index (χ3v) is 2.36. The molecule has 108 valence electrons. The molecule has 2 N–H and O–H groups in total. The molecule has 6 nitrogen and oxygen atoms in total. The number of esters is 1. The SMILES string of the molecule is CCOC(=O)C(=O)NCC(=O)Nc1ccc(F)c(Cl)c1. The number of rotatable bonds is 4. The number of halogens is 2. The molecule has 0 aliphatic carbocycles. The van der Waals surface area contributed by atoms with Gasteiger partial charge in [0.1, 0.15) is 5.82 Å². The zero-order valence-corrected chi connectivity index (χ0v) is 11.3. The zero-order chi connectivity index (χ0) is 15.1. The lowest BCUT2D eigenvalue weighted by Gasteiger charge is -2.07. The Morgan fingerprint density at radius 2 is 2.05 bits per heavy atom. The highest BCUT2D eigenvalue weighted by Gasteiger charge is 2.15. The van der Waals surface area contributed by atoms with Crippen LogP contribution in [0.3, 0.4) is 0 Å². The van der Waals surface area contributed by atoms with Gasteiger partial charge in [0.15, 0.2) is 0 Å². The number of anilines is 1. The van der Waals surface area contributed by atoms with E-state index >= 15 is 0 Å². The van der Waals surface area contributed by atoms with Crippen molar-refractivity contribution in [2.75, 3.05) is 18.5 Å². The lowest BCUT2D eigenvalue weighted by atomic mass is 10.3. The quantitative estimate of drug-likeness (QED) is 0.644. The second-order valence-corrected chi connectivity index (χ2v) is 3.99. The number of hydrogen-bond donors (Lipinski definition) is 2. The monoisotopic (exact) mass is 302 g/mol. The largest absolute Gasteiger partial charge is 0.459 e. The molecule has 8 heteroatoms. The fourth-order valence-corrected chi connectivity index (χ4v) is 1.39. The molecule has 0 spiro atoms. The topological polar surface area (TPSA) is 84.5 Å². The van der Waals surface area contributed by atoms with Gasteiger partial charge in [0.05, 0.1) is 18.2 Å². The molecule has 0 radical (unpaired) electrons. The summed E-state index contributed by atoms with van der Waals surface area (Å²) < 4.78 is 17.3. The third kappa shape index (κ3) is 4.85. The zero-order valence-electron chi connectivity index (χ0n) is 10.5. The van der Waals surface area contributed by atoms with E-state index in [4.69, 9.17) is 11.6 Å². The van der Waals surface area contributed by atoms with Crippen LogP contribution >= 0.6 is 11.6 Å². The van der Waals surface area contributed by atoms with E-state index in [-0.39, 0.29) is 17.3 Å². The van der Waals surface area contributed by atoms with Gasteiger partial charge in [0.25, 0.3) is 0 Å². The van der Waals surface area contributed by atoms with Crippen LogP contribution in [-0.2, 0) is 19.1 Å². The van der Waals surface area contributed by atoms with Crippen LogP contribution in [0.2, 0.25) is 5.02 Å². The first-order chi connectivity index (χ1) is 9.43. The lowest BCUT2D eigenvalue weighted by molar-refractivity contribution is -0.154. The van der Waals surface area contributed by atoms with Gasteiger partial charge >= 0.3 is 11.9 Å². The van der Waals surface area contributed by atoms with E-state index in [0.29, 0.717) is 0 Å². The molecule has 0 aliphatic rings. The van der Waals surface area contributed by atoms with Gasteiger partial charge in [0.2, 0.25) is 5.91 Å². The van der Waals surface area contributed by atoms with Crippen molar-refractivity contribution >= 4 is 35.1 Å². The van der Waals surface area contributed by atoms with Crippen LogP contribution in [0.25, 0.3) is 0 Å². The molecular weight excluding hydrogens is 291 g/mol. The summed E-state index contributed by atoms with van der Waals surface area (Å²) in [5.74, 6) is -3.28. The minimum atomic E-state index is -1.06. The van der Waals surface area contributed by atoms with E-state index in [1.165, 1.54) is 12.1 Å². The number of hydrogen-bond acceptors (Lipinski definition) is 4. The summed E-state index contributed by atoms with van der Waals surface area (Å²) in [6, 6.07) is 3.63. The molecule has 0 heterocycles. The van der Waals surface area contributed by atoms with Crippen LogP contribution in [0.1, 0.15) is 6.92 Å². The molecule has 0 saturated carbocycles. The van der Waals surface area contributed by atoms with Gasteiger partial charge in [-0.15, -0.1) is 0 Å². The Labute approximate surface area is 119 Å². The van der Waals surface area contributed by atoms with Gasteiger partial charge < -0.3 is 15.4 Å². The summed E-state index contributed by atoms with van der Waals surface area (Å²) in [4.78, 5) is 33.6. The minimum Gasteiger partial charge on any atom is -0.459 e. The van der Waals surface area contributed by atoms with Crippen molar-refractivity contribution in [1.29, 1.82) is 0 Å². The van der Waals surface area contributed by atoms with E-state index in [9.17, 15) is 18.8 Å². The van der Waals surface area contributed by atoms with Gasteiger partial charge in [-0.2, -0.15) is 0 Å². The van der Waals surface area contributed by atoms with E-state index < -0.39 is 30.1 Å². The second-order valence-electron chi connectivity index (χ2n) is 3.58. The Balaban J connectivity index is 2.46. The molecule has 0 unspecified atom stereocenters. The highest BCUT2D eigenvalue weighted by atomic mass is 35.5. The maximum absolute atomic E-state index is 12.9. The Kier molecular flexibility index (Phi) is 5.92. The minimum absolute atomic E-state index is 0.0620. The number of amides is 2. The molecule has 0 bridgehead atoms. The van der Waals surface area contributed by atoms with Gasteiger partial charge in [-0.1, -0.05) is 11.6 Å². The van der Waals surface area contributed by atoms with Crippen LogP contribution in [-0.4, -0.2) is 30.9 Å². The second kappa shape index (κ2) is 7.44. The molecule has 0 atom stereocenters. The third-order valence-electron chi connectivity index (χ3n) is 2.07. The Morgan fingerprint density at radius 1 is 1.35 bits per heavy atom. The first-order valence-electron chi connectivity index (χ1n) is 5.64. The van der Waals surface area contributed by atoms with Crippen molar-refractivity contribution in [3.63, 3.8) is 0 Å². The van der Waals surface area contributed by atoms with E-state index in [1.54, 1.807) is 6.92 Å². The van der Waals surface area contributed by atoms with Crippen LogP contribution in [0, 0.1) is 5.82 Å². The fraction of sp³-hybridized carbons (Fsp3) is 0.250. The molecule has 1 rings (SSSR count). The lowest BCUT2D eigenvalue weighted by Crippen LogP contribution is -2.38.